The van der Waals surface area contributed by atoms with E-state index in [2.05, 4.69) is 31.3 Å². The van der Waals surface area contributed by atoms with E-state index in [0.29, 0.717) is 5.82 Å². The average Bonchev–Trinajstić information content (AvgIpc) is 2.38. The maximum atomic E-state index is 5.31. The molecule has 0 radical (unpaired) electrons. The second kappa shape index (κ2) is 6.00. The Balaban J connectivity index is 1.99. The number of nitrogens with one attached hydrogen (secondary N) is 1. The van der Waals surface area contributed by atoms with Gasteiger partial charge in [-0.25, -0.2) is 15.8 Å². The highest BCUT2D eigenvalue weighted by atomic mass is 79.9. The standard InChI is InChI=1S/C11H11BrN4S/c12-9-1-2-11(15-6-9)17-7-8-3-4-14-10(5-8)16-13/h1-6H,7,13H2,(H,14,16). The Morgan fingerprint density at radius 2 is 2.18 bits per heavy atom. The lowest BCUT2D eigenvalue weighted by Crippen LogP contribution is -2.08. The summed E-state index contributed by atoms with van der Waals surface area (Å²) in [7, 11) is 0. The van der Waals surface area contributed by atoms with Crippen LogP contribution in [0.2, 0.25) is 0 Å². The van der Waals surface area contributed by atoms with Gasteiger partial charge in [0.25, 0.3) is 0 Å². The van der Waals surface area contributed by atoms with Gasteiger partial charge in [-0.2, -0.15) is 0 Å². The van der Waals surface area contributed by atoms with Crippen molar-refractivity contribution in [3.8, 4) is 0 Å². The molecule has 88 valence electrons. The fraction of sp³-hybridized carbons (Fsp3) is 0.0909. The predicted octanol–water partition coefficient (Wildman–Crippen LogP) is 2.82. The number of hydrazine groups is 1. The Hall–Kier alpha value is -1.11. The maximum Gasteiger partial charge on any atom is 0.140 e. The number of nitrogens with zero attached hydrogens (tertiary/aromatic N) is 2. The zero-order valence-electron chi connectivity index (χ0n) is 8.93. The number of nitrogens with two attached hydrogens (primary N) is 1. The Morgan fingerprint density at radius 3 is 2.88 bits per heavy atom. The molecule has 0 bridgehead atoms. The smallest absolute Gasteiger partial charge is 0.140 e. The maximum absolute atomic E-state index is 5.31. The highest BCUT2D eigenvalue weighted by molar-refractivity contribution is 9.10. The van der Waals surface area contributed by atoms with Gasteiger partial charge < -0.3 is 5.43 Å². The molecule has 0 amide bonds. The van der Waals surface area contributed by atoms with Crippen molar-refractivity contribution in [1.82, 2.24) is 9.97 Å². The van der Waals surface area contributed by atoms with E-state index in [-0.39, 0.29) is 0 Å². The third kappa shape index (κ3) is 3.69. The van der Waals surface area contributed by atoms with Crippen LogP contribution in [0.25, 0.3) is 0 Å². The lowest BCUT2D eigenvalue weighted by molar-refractivity contribution is 1.12. The number of rotatable bonds is 4. The van der Waals surface area contributed by atoms with Gasteiger partial charge in [0, 0.05) is 22.6 Å². The summed E-state index contributed by atoms with van der Waals surface area (Å²) in [5, 5.41) is 0.993. The van der Waals surface area contributed by atoms with Crippen molar-refractivity contribution in [2.45, 2.75) is 10.8 Å². The van der Waals surface area contributed by atoms with Crippen molar-refractivity contribution >= 4 is 33.5 Å². The molecule has 0 fully saturated rings. The summed E-state index contributed by atoms with van der Waals surface area (Å²) >= 11 is 5.03. The van der Waals surface area contributed by atoms with Gasteiger partial charge in [-0.05, 0) is 45.8 Å². The van der Waals surface area contributed by atoms with E-state index in [9.17, 15) is 0 Å². The van der Waals surface area contributed by atoms with Crippen LogP contribution in [0.3, 0.4) is 0 Å². The average molecular weight is 311 g/mol. The van der Waals surface area contributed by atoms with Gasteiger partial charge in [-0.15, -0.1) is 11.8 Å². The Labute approximate surface area is 112 Å². The molecular formula is C11H11BrN4S. The summed E-state index contributed by atoms with van der Waals surface area (Å²) in [4.78, 5) is 8.35. The first-order chi connectivity index (χ1) is 8.28. The molecule has 0 aromatic carbocycles. The lowest BCUT2D eigenvalue weighted by Gasteiger charge is -2.03. The zero-order chi connectivity index (χ0) is 12.1. The van der Waals surface area contributed by atoms with Crippen LogP contribution in [-0.2, 0) is 5.75 Å². The second-order valence-corrected chi connectivity index (χ2v) is 5.21. The first-order valence-corrected chi connectivity index (χ1v) is 6.71. The number of hydrogen-bond acceptors (Lipinski definition) is 5. The van der Waals surface area contributed by atoms with E-state index in [1.165, 1.54) is 0 Å². The van der Waals surface area contributed by atoms with E-state index in [1.807, 2.05) is 24.3 Å². The molecular weight excluding hydrogens is 300 g/mol. The van der Waals surface area contributed by atoms with Gasteiger partial charge in [0.15, 0.2) is 0 Å². The van der Waals surface area contributed by atoms with Gasteiger partial charge >= 0.3 is 0 Å². The SMILES string of the molecule is NNc1cc(CSc2ccc(Br)cn2)ccn1. The zero-order valence-corrected chi connectivity index (χ0v) is 11.3. The molecule has 2 rings (SSSR count). The number of nitrogen functional groups attached to an aromatic ring is 1. The molecule has 0 unspecified atom stereocenters. The molecule has 0 aliphatic heterocycles. The molecule has 0 aliphatic rings. The highest BCUT2D eigenvalue weighted by Gasteiger charge is 1.99. The topological polar surface area (TPSA) is 63.8 Å². The molecule has 2 aromatic rings. The molecule has 17 heavy (non-hydrogen) atoms. The summed E-state index contributed by atoms with van der Waals surface area (Å²) in [5.74, 6) is 6.82. The third-order valence-electron chi connectivity index (χ3n) is 2.06. The van der Waals surface area contributed by atoms with Crippen LogP contribution in [0.15, 0.2) is 46.2 Å². The van der Waals surface area contributed by atoms with Crippen molar-refractivity contribution < 1.29 is 0 Å². The number of pyridine rings is 2. The number of halogens is 1. The number of thioether (sulfide) groups is 1. The largest absolute Gasteiger partial charge is 0.308 e. The van der Waals surface area contributed by atoms with Crippen LogP contribution < -0.4 is 11.3 Å². The molecule has 2 aromatic heterocycles. The Bertz CT molecular complexity index is 489. The molecule has 0 atom stereocenters. The molecule has 3 N–H and O–H groups in total. The van der Waals surface area contributed by atoms with E-state index < -0.39 is 0 Å². The van der Waals surface area contributed by atoms with Crippen LogP contribution in [-0.4, -0.2) is 9.97 Å². The van der Waals surface area contributed by atoms with Gasteiger partial charge in [0.1, 0.15) is 5.82 Å². The fourth-order valence-electron chi connectivity index (χ4n) is 1.25. The summed E-state index contributed by atoms with van der Waals surface area (Å²) in [6.45, 7) is 0. The van der Waals surface area contributed by atoms with E-state index in [0.717, 1.165) is 20.8 Å². The molecule has 4 nitrogen and oxygen atoms in total. The number of anilines is 1. The molecule has 0 spiro atoms. The molecule has 0 saturated heterocycles. The summed E-state index contributed by atoms with van der Waals surface area (Å²) in [5.41, 5.74) is 3.69. The normalized spacial score (nSPS) is 10.2. The van der Waals surface area contributed by atoms with Crippen LogP contribution in [0, 0.1) is 0 Å². The van der Waals surface area contributed by atoms with E-state index >= 15 is 0 Å². The number of hydrogen-bond donors (Lipinski definition) is 2. The monoisotopic (exact) mass is 310 g/mol. The first-order valence-electron chi connectivity index (χ1n) is 4.94. The Morgan fingerprint density at radius 1 is 1.29 bits per heavy atom. The van der Waals surface area contributed by atoms with Crippen LogP contribution in [0.5, 0.6) is 0 Å². The third-order valence-corrected chi connectivity index (χ3v) is 3.54. The van der Waals surface area contributed by atoms with Crippen molar-refractivity contribution in [1.29, 1.82) is 0 Å². The Kier molecular flexibility index (Phi) is 4.36. The summed E-state index contributed by atoms with van der Waals surface area (Å²) < 4.78 is 0.986. The minimum absolute atomic E-state index is 0.673. The van der Waals surface area contributed by atoms with Crippen LogP contribution >= 0.6 is 27.7 Å². The second-order valence-electron chi connectivity index (χ2n) is 3.30. The molecule has 2 heterocycles. The van der Waals surface area contributed by atoms with Crippen molar-refractivity contribution in [2.75, 3.05) is 5.43 Å². The summed E-state index contributed by atoms with van der Waals surface area (Å²) in [6.07, 6.45) is 3.53. The van der Waals surface area contributed by atoms with E-state index in [1.54, 1.807) is 24.2 Å². The molecule has 0 aliphatic carbocycles. The van der Waals surface area contributed by atoms with Gasteiger partial charge in [-0.1, -0.05) is 0 Å². The molecule has 6 heteroatoms. The molecule has 0 saturated carbocycles. The minimum atomic E-state index is 0.673. The van der Waals surface area contributed by atoms with Crippen molar-refractivity contribution in [2.24, 2.45) is 5.84 Å². The van der Waals surface area contributed by atoms with Gasteiger partial charge in [0.2, 0.25) is 0 Å². The fourth-order valence-corrected chi connectivity index (χ4v) is 2.27. The minimum Gasteiger partial charge on any atom is -0.308 e. The van der Waals surface area contributed by atoms with Gasteiger partial charge in [0.05, 0.1) is 5.03 Å². The predicted molar refractivity (Wildman–Crippen MR) is 73.5 cm³/mol. The van der Waals surface area contributed by atoms with Crippen LogP contribution in [0.1, 0.15) is 5.56 Å². The lowest BCUT2D eigenvalue weighted by atomic mass is 10.3. The van der Waals surface area contributed by atoms with Crippen molar-refractivity contribution in [3.63, 3.8) is 0 Å². The highest BCUT2D eigenvalue weighted by Crippen LogP contribution is 2.22. The summed E-state index contributed by atoms with van der Waals surface area (Å²) in [6, 6.07) is 7.85. The van der Waals surface area contributed by atoms with Gasteiger partial charge in [-0.3, -0.25) is 0 Å². The van der Waals surface area contributed by atoms with Crippen LogP contribution in [0.4, 0.5) is 5.82 Å². The first kappa shape index (κ1) is 12.3. The van der Waals surface area contributed by atoms with E-state index in [4.69, 9.17) is 5.84 Å². The van der Waals surface area contributed by atoms with Crippen molar-refractivity contribution in [3.05, 3.63) is 46.7 Å². The quantitative estimate of drug-likeness (QED) is 0.516. The number of aromatic nitrogens is 2.